The topological polar surface area (TPSA) is 20.3 Å². The van der Waals surface area contributed by atoms with Crippen LogP contribution in [0.25, 0.3) is 0 Å². The van der Waals surface area contributed by atoms with Gasteiger partial charge in [-0.15, -0.1) is 0 Å². The Morgan fingerprint density at radius 3 is 1.97 bits per heavy atom. The van der Waals surface area contributed by atoms with Crippen molar-refractivity contribution >= 4 is 24.3 Å². The summed E-state index contributed by atoms with van der Waals surface area (Å²) >= 11 is -2.47. The molecule has 1 amide bonds. The van der Waals surface area contributed by atoms with Crippen molar-refractivity contribution in [1.29, 1.82) is 0 Å². The van der Waals surface area contributed by atoms with E-state index in [2.05, 4.69) is 37.2 Å². The predicted molar refractivity (Wildman–Crippen MR) is 130 cm³/mol. The molecule has 0 N–H and O–H groups in total. The number of unbranched alkanes of at least 4 members (excludes halogenated alkanes) is 3. The van der Waals surface area contributed by atoms with Gasteiger partial charge in [0.15, 0.2) is 0 Å². The van der Waals surface area contributed by atoms with Crippen molar-refractivity contribution in [3.05, 3.63) is 48.0 Å². The number of carbonyl (C=O) groups excluding carboxylic acids is 1. The van der Waals surface area contributed by atoms with Crippen LogP contribution in [0.15, 0.2) is 36.9 Å². The van der Waals surface area contributed by atoms with E-state index in [0.717, 1.165) is 5.56 Å². The molecular formula is C26H41NOSn. The van der Waals surface area contributed by atoms with Gasteiger partial charge in [-0.05, 0) is 0 Å². The molecule has 0 bridgehead atoms. The monoisotopic (exact) mass is 503 g/mol. The van der Waals surface area contributed by atoms with Gasteiger partial charge in [0.05, 0.1) is 0 Å². The van der Waals surface area contributed by atoms with Gasteiger partial charge in [-0.2, -0.15) is 0 Å². The molecule has 2 nitrogen and oxygen atoms in total. The summed E-state index contributed by atoms with van der Waals surface area (Å²) in [6.07, 6.45) is 9.52. The quantitative estimate of drug-likeness (QED) is 0.161. The first-order valence-electron chi connectivity index (χ1n) is 11.5. The number of nitrogens with zero attached hydrogens (tertiary/aromatic N) is 1. The van der Waals surface area contributed by atoms with Crippen LogP contribution in [0.4, 0.5) is 0 Å². The Labute approximate surface area is 184 Å². The Morgan fingerprint density at radius 1 is 1.00 bits per heavy atom. The van der Waals surface area contributed by atoms with E-state index in [-0.39, 0.29) is 5.91 Å². The van der Waals surface area contributed by atoms with Gasteiger partial charge in [0.25, 0.3) is 0 Å². The standard InChI is InChI=1S/C14H14NO.3C4H9.Sn/c1-4-10-15(11-5-2)14(16)13-8-6-12(3)7-9-13;3*1-3-4-2;/h4,6-9H,1,10-11H2,3H3;3*1,3-4H2,2H3;. The normalized spacial score (nSPS) is 10.9. The summed E-state index contributed by atoms with van der Waals surface area (Å²) in [6.45, 7) is 13.8. The number of hydrogen-bond donors (Lipinski definition) is 0. The molecule has 3 heteroatoms. The van der Waals surface area contributed by atoms with Gasteiger partial charge in [-0.25, -0.2) is 0 Å². The summed E-state index contributed by atoms with van der Waals surface area (Å²) in [5.41, 5.74) is 1.90. The Balaban J connectivity index is 3.00. The van der Waals surface area contributed by atoms with Crippen molar-refractivity contribution in [3.8, 4) is 9.86 Å². The number of amides is 1. The second-order valence-electron chi connectivity index (χ2n) is 8.23. The Kier molecular flexibility index (Phi) is 13.1. The molecule has 0 aromatic heterocycles. The van der Waals surface area contributed by atoms with E-state index >= 15 is 0 Å². The molecule has 1 rings (SSSR count). The first-order chi connectivity index (χ1) is 14.0. The molecule has 0 spiro atoms. The van der Waals surface area contributed by atoms with Crippen molar-refractivity contribution in [2.75, 3.05) is 13.1 Å². The van der Waals surface area contributed by atoms with Crippen molar-refractivity contribution in [1.82, 2.24) is 4.90 Å². The van der Waals surface area contributed by atoms with Gasteiger partial charge in [-0.3, -0.25) is 0 Å². The van der Waals surface area contributed by atoms with E-state index in [1.807, 2.05) is 36.1 Å². The minimum absolute atomic E-state index is 0.0516. The van der Waals surface area contributed by atoms with Crippen LogP contribution in [0.2, 0.25) is 13.3 Å². The molecule has 0 unspecified atom stereocenters. The average Bonchev–Trinajstić information content (AvgIpc) is 2.74. The molecule has 160 valence electrons. The number of aryl methyl sites for hydroxylation is 1. The summed E-state index contributed by atoms with van der Waals surface area (Å²) in [5.74, 6) is 3.55. The first kappa shape index (κ1) is 25.8. The van der Waals surface area contributed by atoms with E-state index < -0.39 is 18.4 Å². The van der Waals surface area contributed by atoms with Crippen LogP contribution in [-0.2, 0) is 0 Å². The summed E-state index contributed by atoms with van der Waals surface area (Å²) in [5, 5.41) is 0. The van der Waals surface area contributed by atoms with Crippen LogP contribution >= 0.6 is 0 Å². The van der Waals surface area contributed by atoms with Crippen molar-refractivity contribution < 1.29 is 4.79 Å². The number of carbonyl (C=O) groups is 1. The maximum absolute atomic E-state index is 12.9. The Hall–Kier alpha value is -1.21. The summed E-state index contributed by atoms with van der Waals surface area (Å²) in [7, 11) is 0. The molecule has 0 fully saturated rings. The van der Waals surface area contributed by atoms with E-state index in [9.17, 15) is 4.79 Å². The zero-order valence-electron chi connectivity index (χ0n) is 19.2. The fourth-order valence-electron chi connectivity index (χ4n) is 3.68. The zero-order chi connectivity index (χ0) is 21.5. The fourth-order valence-corrected chi connectivity index (χ4v) is 17.0. The zero-order valence-corrected chi connectivity index (χ0v) is 22.1. The third kappa shape index (κ3) is 9.43. The summed E-state index contributed by atoms with van der Waals surface area (Å²) in [4.78, 5) is 14.8. The third-order valence-electron chi connectivity index (χ3n) is 5.59. The second-order valence-corrected chi connectivity index (χ2v) is 20.5. The molecule has 29 heavy (non-hydrogen) atoms. The van der Waals surface area contributed by atoms with Crippen molar-refractivity contribution in [3.63, 3.8) is 0 Å². The predicted octanol–water partition coefficient (Wildman–Crippen LogP) is 7.01. The van der Waals surface area contributed by atoms with Crippen LogP contribution in [0, 0.1) is 16.8 Å². The molecule has 0 saturated heterocycles. The number of benzene rings is 1. The molecule has 1 aromatic carbocycles. The van der Waals surface area contributed by atoms with Crippen LogP contribution in [0.1, 0.15) is 75.2 Å². The van der Waals surface area contributed by atoms with Gasteiger partial charge >= 0.3 is 185 Å². The van der Waals surface area contributed by atoms with Crippen LogP contribution in [0.5, 0.6) is 0 Å². The number of hydrogen-bond acceptors (Lipinski definition) is 1. The SMILES string of the molecule is C=CCN(CC#[C][Sn]([CH2]CCC)([CH2]CCC)[CH2]CCC)C(=O)c1ccc(C)cc1. The molecule has 0 radical (unpaired) electrons. The van der Waals surface area contributed by atoms with Crippen LogP contribution in [0.3, 0.4) is 0 Å². The first-order valence-corrected chi connectivity index (χ1v) is 19.0. The van der Waals surface area contributed by atoms with Gasteiger partial charge in [0.2, 0.25) is 0 Å². The summed E-state index contributed by atoms with van der Waals surface area (Å²) < 4.78 is 8.02. The Bertz CT molecular complexity index is 646. The minimum atomic E-state index is -2.47. The number of rotatable bonds is 13. The van der Waals surface area contributed by atoms with Gasteiger partial charge in [0.1, 0.15) is 0 Å². The summed E-state index contributed by atoms with van der Waals surface area (Å²) in [6, 6.07) is 7.81. The van der Waals surface area contributed by atoms with Crippen LogP contribution < -0.4 is 0 Å². The molecule has 0 heterocycles. The fraction of sp³-hybridized carbons (Fsp3) is 0.577. The van der Waals surface area contributed by atoms with Gasteiger partial charge in [0, 0.05) is 0 Å². The van der Waals surface area contributed by atoms with Gasteiger partial charge in [-0.1, -0.05) is 0 Å². The average molecular weight is 502 g/mol. The molecule has 0 aliphatic heterocycles. The molecule has 0 aliphatic rings. The third-order valence-corrected chi connectivity index (χ3v) is 18.8. The van der Waals surface area contributed by atoms with Crippen LogP contribution in [-0.4, -0.2) is 42.3 Å². The van der Waals surface area contributed by atoms with Gasteiger partial charge < -0.3 is 0 Å². The molecule has 0 aliphatic carbocycles. The molecule has 0 saturated carbocycles. The Morgan fingerprint density at radius 2 is 1.52 bits per heavy atom. The second kappa shape index (κ2) is 14.7. The van der Waals surface area contributed by atoms with E-state index in [0.29, 0.717) is 13.1 Å². The molecule has 1 aromatic rings. The maximum atomic E-state index is 12.9. The van der Waals surface area contributed by atoms with E-state index in [1.165, 1.54) is 57.4 Å². The van der Waals surface area contributed by atoms with Crippen molar-refractivity contribution in [2.45, 2.75) is 79.5 Å². The van der Waals surface area contributed by atoms with Crippen molar-refractivity contribution in [2.24, 2.45) is 0 Å². The molecular weight excluding hydrogens is 461 g/mol. The van der Waals surface area contributed by atoms with E-state index in [1.54, 1.807) is 6.08 Å². The van der Waals surface area contributed by atoms with E-state index in [4.69, 9.17) is 0 Å². The molecule has 0 atom stereocenters.